The van der Waals surface area contributed by atoms with Gasteiger partial charge in [-0.1, -0.05) is 0 Å². The van der Waals surface area contributed by atoms with Crippen LogP contribution in [0.25, 0.3) is 11.3 Å². The highest BCUT2D eigenvalue weighted by Gasteiger charge is 2.20. The molecule has 3 heteroatoms. The molecule has 0 amide bonds. The minimum Gasteiger partial charge on any atom is -0.496 e. The highest BCUT2D eigenvalue weighted by atomic mass is 16.5. The molecule has 18 heavy (non-hydrogen) atoms. The summed E-state index contributed by atoms with van der Waals surface area (Å²) < 4.78 is 5.42. The van der Waals surface area contributed by atoms with E-state index in [1.54, 1.807) is 7.11 Å². The van der Waals surface area contributed by atoms with Gasteiger partial charge in [-0.25, -0.2) is 0 Å². The van der Waals surface area contributed by atoms with Gasteiger partial charge in [-0.3, -0.25) is 0 Å². The van der Waals surface area contributed by atoms with E-state index >= 15 is 0 Å². The zero-order valence-corrected chi connectivity index (χ0v) is 10.6. The quantitative estimate of drug-likeness (QED) is 0.845. The average Bonchev–Trinajstić information content (AvgIpc) is 3.08. The number of H-pyrrole nitrogens is 1. The first-order chi connectivity index (χ1) is 8.86. The molecule has 1 aliphatic carbocycles. The number of hydrogen-bond donors (Lipinski definition) is 2. The van der Waals surface area contributed by atoms with Crippen LogP contribution in [0.15, 0.2) is 36.5 Å². The SMILES string of the molecule is COc1ccc(-c2ccc[nH]2)cc1CNC1CC1. The van der Waals surface area contributed by atoms with Crippen molar-refractivity contribution in [3.63, 3.8) is 0 Å². The molecule has 3 rings (SSSR count). The number of aromatic amines is 1. The zero-order chi connectivity index (χ0) is 12.4. The fourth-order valence-corrected chi connectivity index (χ4v) is 2.14. The van der Waals surface area contributed by atoms with Crippen LogP contribution in [-0.2, 0) is 6.54 Å². The van der Waals surface area contributed by atoms with E-state index in [9.17, 15) is 0 Å². The average molecular weight is 242 g/mol. The van der Waals surface area contributed by atoms with E-state index in [1.165, 1.54) is 24.0 Å². The fourth-order valence-electron chi connectivity index (χ4n) is 2.14. The van der Waals surface area contributed by atoms with Gasteiger partial charge in [-0.05, 0) is 48.7 Å². The summed E-state index contributed by atoms with van der Waals surface area (Å²) >= 11 is 0. The lowest BCUT2D eigenvalue weighted by molar-refractivity contribution is 0.407. The molecule has 2 aromatic rings. The van der Waals surface area contributed by atoms with Crippen LogP contribution < -0.4 is 10.1 Å². The molecule has 0 spiro atoms. The Morgan fingerprint density at radius 2 is 2.22 bits per heavy atom. The molecule has 1 aliphatic rings. The molecule has 0 bridgehead atoms. The third-order valence-electron chi connectivity index (χ3n) is 3.35. The van der Waals surface area contributed by atoms with Crippen molar-refractivity contribution in [1.82, 2.24) is 10.3 Å². The predicted molar refractivity (Wildman–Crippen MR) is 72.6 cm³/mol. The van der Waals surface area contributed by atoms with Crippen LogP contribution in [0.4, 0.5) is 0 Å². The number of benzene rings is 1. The van der Waals surface area contributed by atoms with Crippen molar-refractivity contribution >= 4 is 0 Å². The van der Waals surface area contributed by atoms with Crippen LogP contribution in [0.1, 0.15) is 18.4 Å². The lowest BCUT2D eigenvalue weighted by Crippen LogP contribution is -2.15. The maximum absolute atomic E-state index is 5.42. The Morgan fingerprint density at radius 1 is 1.33 bits per heavy atom. The van der Waals surface area contributed by atoms with E-state index < -0.39 is 0 Å². The van der Waals surface area contributed by atoms with Gasteiger partial charge in [0.1, 0.15) is 5.75 Å². The number of hydrogen-bond acceptors (Lipinski definition) is 2. The molecule has 0 radical (unpaired) electrons. The number of methoxy groups -OCH3 is 1. The maximum Gasteiger partial charge on any atom is 0.123 e. The van der Waals surface area contributed by atoms with Gasteiger partial charge in [0.15, 0.2) is 0 Å². The fraction of sp³-hybridized carbons (Fsp3) is 0.333. The molecular formula is C15H18N2O. The number of rotatable bonds is 5. The van der Waals surface area contributed by atoms with Gasteiger partial charge in [0.05, 0.1) is 7.11 Å². The van der Waals surface area contributed by atoms with Gasteiger partial charge in [0.25, 0.3) is 0 Å². The van der Waals surface area contributed by atoms with E-state index in [1.807, 2.05) is 18.3 Å². The summed E-state index contributed by atoms with van der Waals surface area (Å²) in [4.78, 5) is 3.23. The number of nitrogens with one attached hydrogen (secondary N) is 2. The predicted octanol–water partition coefficient (Wildman–Crippen LogP) is 2.94. The van der Waals surface area contributed by atoms with Crippen molar-refractivity contribution in [2.45, 2.75) is 25.4 Å². The highest BCUT2D eigenvalue weighted by molar-refractivity contribution is 5.62. The van der Waals surface area contributed by atoms with Crippen LogP contribution in [0.5, 0.6) is 5.75 Å². The van der Waals surface area contributed by atoms with E-state index in [-0.39, 0.29) is 0 Å². The van der Waals surface area contributed by atoms with Crippen molar-refractivity contribution in [1.29, 1.82) is 0 Å². The molecule has 0 aliphatic heterocycles. The van der Waals surface area contributed by atoms with Crippen molar-refractivity contribution in [2.75, 3.05) is 7.11 Å². The third kappa shape index (κ3) is 2.41. The van der Waals surface area contributed by atoms with Gasteiger partial charge in [0.2, 0.25) is 0 Å². The van der Waals surface area contributed by atoms with E-state index in [2.05, 4.69) is 28.5 Å². The molecule has 3 nitrogen and oxygen atoms in total. The number of ether oxygens (including phenoxy) is 1. The van der Waals surface area contributed by atoms with E-state index in [0.717, 1.165) is 18.0 Å². The normalized spacial score (nSPS) is 14.7. The summed E-state index contributed by atoms with van der Waals surface area (Å²) in [6, 6.07) is 11.1. The molecule has 0 atom stereocenters. The summed E-state index contributed by atoms with van der Waals surface area (Å²) in [5.74, 6) is 0.957. The minimum absolute atomic E-state index is 0.712. The van der Waals surface area contributed by atoms with Crippen molar-refractivity contribution in [3.8, 4) is 17.0 Å². The van der Waals surface area contributed by atoms with Gasteiger partial charge in [-0.2, -0.15) is 0 Å². The monoisotopic (exact) mass is 242 g/mol. The van der Waals surface area contributed by atoms with E-state index in [4.69, 9.17) is 4.74 Å². The Hall–Kier alpha value is -1.74. The summed E-state index contributed by atoms with van der Waals surface area (Å²) in [5.41, 5.74) is 3.57. The van der Waals surface area contributed by atoms with E-state index in [0.29, 0.717) is 6.04 Å². The molecule has 1 saturated carbocycles. The Labute approximate surface area is 107 Å². The second-order valence-electron chi connectivity index (χ2n) is 4.77. The Bertz CT molecular complexity index is 515. The summed E-state index contributed by atoms with van der Waals surface area (Å²) in [6.45, 7) is 0.877. The first-order valence-corrected chi connectivity index (χ1v) is 6.41. The van der Waals surface area contributed by atoms with Gasteiger partial charge in [0, 0.05) is 30.0 Å². The third-order valence-corrected chi connectivity index (χ3v) is 3.35. The first kappa shape index (κ1) is 11.4. The van der Waals surface area contributed by atoms with Crippen LogP contribution in [0.2, 0.25) is 0 Å². The van der Waals surface area contributed by atoms with Crippen LogP contribution >= 0.6 is 0 Å². The molecule has 1 heterocycles. The molecule has 1 aromatic heterocycles. The summed E-state index contributed by atoms with van der Waals surface area (Å²) in [6.07, 6.45) is 4.55. The molecule has 94 valence electrons. The topological polar surface area (TPSA) is 37.0 Å². The Balaban J connectivity index is 1.85. The molecular weight excluding hydrogens is 224 g/mol. The lowest BCUT2D eigenvalue weighted by Gasteiger charge is -2.11. The van der Waals surface area contributed by atoms with Crippen LogP contribution in [0.3, 0.4) is 0 Å². The first-order valence-electron chi connectivity index (χ1n) is 6.41. The second kappa shape index (κ2) is 4.86. The largest absolute Gasteiger partial charge is 0.496 e. The smallest absolute Gasteiger partial charge is 0.123 e. The summed E-state index contributed by atoms with van der Waals surface area (Å²) in [5, 5.41) is 3.53. The standard InChI is InChI=1S/C15H18N2O/c1-18-15-7-4-11(14-3-2-8-16-14)9-12(15)10-17-13-5-6-13/h2-4,7-9,13,16-17H,5-6,10H2,1H3. The number of aromatic nitrogens is 1. The van der Waals surface area contributed by atoms with Crippen molar-refractivity contribution in [2.24, 2.45) is 0 Å². The molecule has 2 N–H and O–H groups in total. The maximum atomic E-state index is 5.42. The zero-order valence-electron chi connectivity index (χ0n) is 10.6. The van der Waals surface area contributed by atoms with Crippen LogP contribution in [0, 0.1) is 0 Å². The van der Waals surface area contributed by atoms with Gasteiger partial charge < -0.3 is 15.0 Å². The van der Waals surface area contributed by atoms with Gasteiger partial charge >= 0.3 is 0 Å². The Morgan fingerprint density at radius 3 is 2.89 bits per heavy atom. The molecule has 1 fully saturated rings. The second-order valence-corrected chi connectivity index (χ2v) is 4.77. The minimum atomic E-state index is 0.712. The molecule has 0 saturated heterocycles. The molecule has 0 unspecified atom stereocenters. The lowest BCUT2D eigenvalue weighted by atomic mass is 10.1. The Kier molecular flexibility index (Phi) is 3.07. The van der Waals surface area contributed by atoms with Gasteiger partial charge in [-0.15, -0.1) is 0 Å². The summed E-state index contributed by atoms with van der Waals surface area (Å²) in [7, 11) is 1.73. The molecule has 1 aromatic carbocycles. The highest BCUT2D eigenvalue weighted by Crippen LogP contribution is 2.27. The van der Waals surface area contributed by atoms with Crippen LogP contribution in [-0.4, -0.2) is 18.1 Å². The van der Waals surface area contributed by atoms with Crippen molar-refractivity contribution in [3.05, 3.63) is 42.1 Å². The van der Waals surface area contributed by atoms with Crippen molar-refractivity contribution < 1.29 is 4.74 Å².